The Morgan fingerprint density at radius 2 is 1.96 bits per heavy atom. The van der Waals surface area contributed by atoms with E-state index in [9.17, 15) is 9.90 Å². The molecule has 0 aromatic carbocycles. The Balaban J connectivity index is 1.91. The summed E-state index contributed by atoms with van der Waals surface area (Å²) in [4.78, 5) is 19.5. The summed E-state index contributed by atoms with van der Waals surface area (Å²) in [7, 11) is 0. The molecule has 128 valence electrons. The van der Waals surface area contributed by atoms with Crippen molar-refractivity contribution in [2.75, 3.05) is 13.1 Å². The molecular weight excluding hydrogens is 304 g/mol. The van der Waals surface area contributed by atoms with E-state index in [-0.39, 0.29) is 11.4 Å². The molecule has 3 heterocycles. The second-order valence-corrected chi connectivity index (χ2v) is 8.10. The first-order valence-corrected chi connectivity index (χ1v) is 8.64. The van der Waals surface area contributed by atoms with Crippen LogP contribution in [-0.4, -0.2) is 49.9 Å². The zero-order valence-corrected chi connectivity index (χ0v) is 14.7. The van der Waals surface area contributed by atoms with Crippen LogP contribution in [0.3, 0.4) is 0 Å². The number of aliphatic hydroxyl groups is 1. The van der Waals surface area contributed by atoms with Crippen LogP contribution in [0.2, 0.25) is 0 Å². The van der Waals surface area contributed by atoms with Gasteiger partial charge in [0.2, 0.25) is 0 Å². The molecule has 6 nitrogen and oxygen atoms in total. The Kier molecular flexibility index (Phi) is 3.26. The van der Waals surface area contributed by atoms with Gasteiger partial charge in [0.05, 0.1) is 28.3 Å². The van der Waals surface area contributed by atoms with Crippen molar-refractivity contribution in [2.24, 2.45) is 0 Å². The molecular formula is C18H24N4O2. The highest BCUT2D eigenvalue weighted by molar-refractivity contribution is 6.07. The molecule has 1 amide bonds. The molecule has 1 saturated heterocycles. The average molecular weight is 328 g/mol. The highest BCUT2D eigenvalue weighted by Gasteiger charge is 2.34. The van der Waals surface area contributed by atoms with Crippen LogP contribution in [0.5, 0.6) is 0 Å². The van der Waals surface area contributed by atoms with Crippen molar-refractivity contribution in [3.05, 3.63) is 23.0 Å². The highest BCUT2D eigenvalue weighted by atomic mass is 16.3. The number of rotatable bonds is 2. The maximum absolute atomic E-state index is 12.9. The number of hydrogen-bond acceptors (Lipinski definition) is 4. The third-order valence-electron chi connectivity index (χ3n) is 4.84. The third kappa shape index (κ3) is 2.40. The van der Waals surface area contributed by atoms with Crippen LogP contribution in [-0.2, 0) is 5.54 Å². The van der Waals surface area contributed by atoms with E-state index in [4.69, 9.17) is 4.98 Å². The minimum atomic E-state index is -0.396. The van der Waals surface area contributed by atoms with Crippen LogP contribution < -0.4 is 0 Å². The Morgan fingerprint density at radius 3 is 2.50 bits per heavy atom. The molecule has 4 rings (SSSR count). The smallest absolute Gasteiger partial charge is 0.254 e. The van der Waals surface area contributed by atoms with Crippen molar-refractivity contribution in [1.29, 1.82) is 0 Å². The maximum Gasteiger partial charge on any atom is 0.254 e. The lowest BCUT2D eigenvalue weighted by molar-refractivity contribution is 0.00601. The lowest BCUT2D eigenvalue weighted by atomic mass is 10.0. The average Bonchev–Trinajstić information content (AvgIpc) is 3.26. The van der Waals surface area contributed by atoms with Gasteiger partial charge in [-0.2, -0.15) is 5.10 Å². The maximum atomic E-state index is 12.9. The topological polar surface area (TPSA) is 71.2 Å². The van der Waals surface area contributed by atoms with Gasteiger partial charge in [-0.15, -0.1) is 0 Å². The van der Waals surface area contributed by atoms with E-state index in [1.54, 1.807) is 4.90 Å². The predicted octanol–water partition coefficient (Wildman–Crippen LogP) is 2.19. The summed E-state index contributed by atoms with van der Waals surface area (Å²) < 4.78 is 1.94. The minimum Gasteiger partial charge on any atom is -0.389 e. The van der Waals surface area contributed by atoms with Crippen LogP contribution in [0, 0.1) is 6.92 Å². The van der Waals surface area contributed by atoms with E-state index < -0.39 is 6.10 Å². The number of nitrogens with zero attached hydrogens (tertiary/aromatic N) is 4. The molecule has 2 aliphatic rings. The van der Waals surface area contributed by atoms with Crippen molar-refractivity contribution < 1.29 is 9.90 Å². The van der Waals surface area contributed by atoms with Gasteiger partial charge in [-0.05, 0) is 46.6 Å². The first kappa shape index (κ1) is 15.6. The Labute approximate surface area is 141 Å². The highest BCUT2D eigenvalue weighted by Crippen LogP contribution is 2.41. The molecule has 24 heavy (non-hydrogen) atoms. The van der Waals surface area contributed by atoms with Crippen LogP contribution in [0.1, 0.15) is 61.3 Å². The first-order chi connectivity index (χ1) is 11.3. The summed E-state index contributed by atoms with van der Waals surface area (Å²) in [5.74, 6) is 0.442. The zero-order valence-electron chi connectivity index (χ0n) is 14.7. The fourth-order valence-electron chi connectivity index (χ4n) is 3.32. The number of carbonyl (C=O) groups is 1. The molecule has 0 spiro atoms. The SMILES string of the molecule is Cc1nn(C(C)(C)C)c2nc(C3CC3)cc(C(=O)N3CC(O)C3)c12. The predicted molar refractivity (Wildman–Crippen MR) is 91.1 cm³/mol. The van der Waals surface area contributed by atoms with Crippen molar-refractivity contribution in [2.45, 2.75) is 58.1 Å². The van der Waals surface area contributed by atoms with Gasteiger partial charge in [0.15, 0.2) is 5.65 Å². The van der Waals surface area contributed by atoms with E-state index in [1.165, 1.54) is 0 Å². The molecule has 1 aliphatic carbocycles. The van der Waals surface area contributed by atoms with Gasteiger partial charge < -0.3 is 10.0 Å². The zero-order chi connectivity index (χ0) is 17.2. The van der Waals surface area contributed by atoms with Gasteiger partial charge in [0, 0.05) is 24.7 Å². The number of aromatic nitrogens is 3. The van der Waals surface area contributed by atoms with Crippen molar-refractivity contribution in [1.82, 2.24) is 19.7 Å². The molecule has 0 radical (unpaired) electrons. The van der Waals surface area contributed by atoms with Gasteiger partial charge in [-0.3, -0.25) is 4.79 Å². The van der Waals surface area contributed by atoms with Gasteiger partial charge in [0.1, 0.15) is 0 Å². The second kappa shape index (κ2) is 5.02. The summed E-state index contributed by atoms with van der Waals surface area (Å²) in [5, 5.41) is 15.0. The van der Waals surface area contributed by atoms with Gasteiger partial charge in [0.25, 0.3) is 5.91 Å². The normalized spacial score (nSPS) is 19.0. The van der Waals surface area contributed by atoms with Crippen molar-refractivity contribution >= 4 is 16.9 Å². The third-order valence-corrected chi connectivity index (χ3v) is 4.84. The number of amides is 1. The molecule has 1 saturated carbocycles. The number of aliphatic hydroxyl groups excluding tert-OH is 1. The van der Waals surface area contributed by atoms with Crippen LogP contribution in [0.4, 0.5) is 0 Å². The summed E-state index contributed by atoms with van der Waals surface area (Å²) in [6, 6.07) is 1.95. The first-order valence-electron chi connectivity index (χ1n) is 8.64. The summed E-state index contributed by atoms with van der Waals surface area (Å²) in [6.07, 6.45) is 1.88. The van der Waals surface area contributed by atoms with Crippen LogP contribution in [0.15, 0.2) is 6.07 Å². The van der Waals surface area contributed by atoms with Crippen LogP contribution >= 0.6 is 0 Å². The fraction of sp³-hybridized carbons (Fsp3) is 0.611. The molecule has 6 heteroatoms. The van der Waals surface area contributed by atoms with Crippen molar-refractivity contribution in [3.63, 3.8) is 0 Å². The molecule has 1 aliphatic heterocycles. The molecule has 0 bridgehead atoms. The molecule has 2 fully saturated rings. The molecule has 2 aromatic heterocycles. The largest absolute Gasteiger partial charge is 0.389 e. The summed E-state index contributed by atoms with van der Waals surface area (Å²) in [6.45, 7) is 9.04. The molecule has 0 unspecified atom stereocenters. The molecule has 1 N–H and O–H groups in total. The Hall–Kier alpha value is -1.95. The monoisotopic (exact) mass is 328 g/mol. The molecule has 0 atom stereocenters. The molecule has 2 aromatic rings. The number of carbonyl (C=O) groups excluding carboxylic acids is 1. The Bertz CT molecular complexity index is 824. The van der Waals surface area contributed by atoms with Crippen LogP contribution in [0.25, 0.3) is 11.0 Å². The van der Waals surface area contributed by atoms with Gasteiger partial charge >= 0.3 is 0 Å². The lowest BCUT2D eigenvalue weighted by Crippen LogP contribution is -2.53. The fourth-order valence-corrected chi connectivity index (χ4v) is 3.32. The quantitative estimate of drug-likeness (QED) is 0.917. The van der Waals surface area contributed by atoms with Gasteiger partial charge in [-0.25, -0.2) is 9.67 Å². The Morgan fingerprint density at radius 1 is 1.29 bits per heavy atom. The van der Waals surface area contributed by atoms with E-state index in [0.29, 0.717) is 24.6 Å². The number of hydrogen-bond donors (Lipinski definition) is 1. The standard InChI is InChI=1S/C18H24N4O2/c1-10-15-13(17(24)21-8-12(23)9-21)7-14(11-5-6-11)19-16(15)22(20-10)18(2,3)4/h7,11-12,23H,5-6,8-9H2,1-4H3. The lowest BCUT2D eigenvalue weighted by Gasteiger charge is -2.36. The van der Waals surface area contributed by atoms with Crippen molar-refractivity contribution in [3.8, 4) is 0 Å². The summed E-state index contributed by atoms with van der Waals surface area (Å²) >= 11 is 0. The summed E-state index contributed by atoms with van der Waals surface area (Å²) in [5.41, 5.74) is 3.11. The minimum absolute atomic E-state index is 0.0221. The van der Waals surface area contributed by atoms with E-state index >= 15 is 0 Å². The number of aryl methyl sites for hydroxylation is 1. The number of β-amino-alcohol motifs (C(OH)–C–C–N with tert-alkyl or cyclic N) is 1. The number of pyridine rings is 1. The van der Waals surface area contributed by atoms with E-state index in [2.05, 4.69) is 25.9 Å². The van der Waals surface area contributed by atoms with E-state index in [1.807, 2.05) is 17.7 Å². The number of likely N-dealkylation sites (tertiary alicyclic amines) is 1. The van der Waals surface area contributed by atoms with Gasteiger partial charge in [-0.1, -0.05) is 0 Å². The second-order valence-electron chi connectivity index (χ2n) is 8.10. The number of fused-ring (bicyclic) bond motifs is 1. The van der Waals surface area contributed by atoms with E-state index in [0.717, 1.165) is 35.3 Å².